The van der Waals surface area contributed by atoms with Crippen LogP contribution in [0.2, 0.25) is 5.02 Å². The molecular formula is C28H25Br2ClN2O5. The van der Waals surface area contributed by atoms with Crippen LogP contribution in [0.25, 0.3) is 0 Å². The molecule has 4 aliphatic rings. The number of nitrogens with zero attached hydrogens (tertiary/aromatic N) is 2. The Kier molecular flexibility index (Phi) is 6.47. The van der Waals surface area contributed by atoms with E-state index in [9.17, 15) is 19.2 Å². The zero-order chi connectivity index (χ0) is 27.0. The number of halogens is 3. The van der Waals surface area contributed by atoms with Gasteiger partial charge in [-0.05, 0) is 73.6 Å². The minimum absolute atomic E-state index is 0.0480. The second kappa shape index (κ2) is 9.45. The minimum atomic E-state index is -0.617. The van der Waals surface area contributed by atoms with Gasteiger partial charge in [0.25, 0.3) is 0 Å². The predicted molar refractivity (Wildman–Crippen MR) is 150 cm³/mol. The first-order chi connectivity index (χ1) is 18.1. The molecule has 0 aromatic heterocycles. The van der Waals surface area contributed by atoms with Crippen LogP contribution in [0.3, 0.4) is 0 Å². The summed E-state index contributed by atoms with van der Waals surface area (Å²) in [5, 5.41) is 0.558. The van der Waals surface area contributed by atoms with Gasteiger partial charge in [-0.2, -0.15) is 0 Å². The lowest BCUT2D eigenvalue weighted by molar-refractivity contribution is -0.139. The highest BCUT2D eigenvalue weighted by Gasteiger charge is 2.66. The van der Waals surface area contributed by atoms with Crippen molar-refractivity contribution >= 4 is 78.5 Å². The molecule has 2 aliphatic heterocycles. The summed E-state index contributed by atoms with van der Waals surface area (Å²) in [4.78, 5) is 55.5. The Morgan fingerprint density at radius 2 is 1.61 bits per heavy atom. The van der Waals surface area contributed by atoms with E-state index >= 15 is 0 Å². The van der Waals surface area contributed by atoms with E-state index in [0.717, 1.165) is 12.0 Å². The van der Waals surface area contributed by atoms with Crippen molar-refractivity contribution in [1.29, 1.82) is 0 Å². The number of carbonyl (C=O) groups is 4. The number of carbonyl (C=O) groups excluding carboxylic acids is 4. The third-order valence-corrected chi connectivity index (χ3v) is 12.2. The average Bonchev–Trinajstić information content (AvgIpc) is 3.59. The topological polar surface area (TPSA) is 84.0 Å². The number of hydrogen-bond acceptors (Lipinski definition) is 5. The second-order valence-corrected chi connectivity index (χ2v) is 13.2. The number of anilines is 2. The fraction of sp³-hybridized carbons (Fsp3) is 0.429. The molecule has 0 radical (unpaired) electrons. The quantitative estimate of drug-likeness (QED) is 0.194. The van der Waals surface area contributed by atoms with Gasteiger partial charge in [-0.1, -0.05) is 49.5 Å². The number of aryl methyl sites for hydroxylation is 2. The summed E-state index contributed by atoms with van der Waals surface area (Å²) in [6.07, 6.45) is 0.921. The molecule has 0 unspecified atom stereocenters. The van der Waals surface area contributed by atoms with Crippen molar-refractivity contribution in [2.24, 2.45) is 29.6 Å². The smallest absolute Gasteiger partial charge is 0.316 e. The lowest BCUT2D eigenvalue weighted by Crippen LogP contribution is -2.37. The summed E-state index contributed by atoms with van der Waals surface area (Å²) < 4.78 is 5.63. The monoisotopic (exact) mass is 662 g/mol. The van der Waals surface area contributed by atoms with Crippen LogP contribution >= 0.6 is 43.5 Å². The van der Waals surface area contributed by atoms with Crippen molar-refractivity contribution in [2.75, 3.05) is 16.3 Å². The Morgan fingerprint density at radius 3 is 2.21 bits per heavy atom. The number of fused-ring (bicyclic) bond motifs is 5. The number of esters is 1. The van der Waals surface area contributed by atoms with Gasteiger partial charge in [0.05, 0.1) is 23.4 Å². The molecule has 0 N–H and O–H groups in total. The van der Waals surface area contributed by atoms with Gasteiger partial charge in [0, 0.05) is 33.3 Å². The number of benzene rings is 2. The van der Waals surface area contributed by atoms with E-state index in [1.54, 1.807) is 36.1 Å². The molecule has 4 fully saturated rings. The van der Waals surface area contributed by atoms with Crippen molar-refractivity contribution in [2.45, 2.75) is 36.3 Å². The first kappa shape index (κ1) is 26.0. The SMILES string of the molecule is Cc1ccc(N2C[C@H](C(=O)Oc3ccc(N4C(=O)[C@@H]5[C@H]6C[C@@H]([C@H](Br)[C@H]6Br)[C@@H]5C4=O)c(C)c3)CC2=O)cc1Cl. The standard InChI is InChI=1S/C28H25Br2ClN2O5/c1-12-3-4-15(9-19(12)31)32-11-14(8-21(32)34)28(37)38-16-5-6-20(13(2)7-16)33-26(35)22-17-10-18(23(22)27(33)36)25(30)24(17)29/h3-7,9,14,17-18,22-25H,8,10-11H2,1-2H3/t14-,17-,18-,22-,23+,24+,25+/m1/s1. The van der Waals surface area contributed by atoms with Gasteiger partial charge in [0.1, 0.15) is 5.75 Å². The Morgan fingerprint density at radius 1 is 0.947 bits per heavy atom. The largest absolute Gasteiger partial charge is 0.426 e. The minimum Gasteiger partial charge on any atom is -0.426 e. The molecule has 6 rings (SSSR count). The Hall–Kier alpha value is -2.23. The first-order valence-corrected chi connectivity index (χ1v) is 14.8. The molecule has 0 spiro atoms. The Labute approximate surface area is 242 Å². The molecule has 2 bridgehead atoms. The molecule has 2 aromatic rings. The van der Waals surface area contributed by atoms with Crippen LogP contribution in [0.5, 0.6) is 5.75 Å². The van der Waals surface area contributed by atoms with Crippen molar-refractivity contribution in [3.8, 4) is 5.75 Å². The van der Waals surface area contributed by atoms with Crippen LogP contribution in [0.4, 0.5) is 11.4 Å². The van der Waals surface area contributed by atoms with Crippen LogP contribution in [0.1, 0.15) is 24.0 Å². The lowest BCUT2D eigenvalue weighted by Gasteiger charge is -2.28. The molecule has 38 heavy (non-hydrogen) atoms. The van der Waals surface area contributed by atoms with Gasteiger partial charge in [-0.15, -0.1) is 0 Å². The maximum atomic E-state index is 13.4. The third kappa shape index (κ3) is 3.95. The van der Waals surface area contributed by atoms with Crippen molar-refractivity contribution < 1.29 is 23.9 Å². The highest BCUT2D eigenvalue weighted by molar-refractivity contribution is 9.12. The third-order valence-electron chi connectivity index (χ3n) is 8.54. The van der Waals surface area contributed by atoms with Crippen LogP contribution in [-0.2, 0) is 19.2 Å². The second-order valence-electron chi connectivity index (χ2n) is 10.7. The molecule has 2 aromatic carbocycles. The van der Waals surface area contributed by atoms with Gasteiger partial charge in [0.2, 0.25) is 17.7 Å². The van der Waals surface area contributed by atoms with E-state index < -0.39 is 11.9 Å². The first-order valence-electron chi connectivity index (χ1n) is 12.6. The van der Waals surface area contributed by atoms with Gasteiger partial charge in [0.15, 0.2) is 0 Å². The Bertz CT molecular complexity index is 1370. The number of amides is 3. The van der Waals surface area contributed by atoms with Crippen LogP contribution in [0.15, 0.2) is 36.4 Å². The van der Waals surface area contributed by atoms with Gasteiger partial charge in [-0.25, -0.2) is 4.90 Å². The highest BCUT2D eigenvalue weighted by atomic mass is 79.9. The average molecular weight is 665 g/mol. The molecular weight excluding hydrogens is 640 g/mol. The normalized spacial score (nSPS) is 31.9. The van der Waals surface area contributed by atoms with Gasteiger partial charge >= 0.3 is 5.97 Å². The maximum absolute atomic E-state index is 13.4. The fourth-order valence-electron chi connectivity index (χ4n) is 6.59. The molecule has 2 saturated heterocycles. The number of hydrogen-bond donors (Lipinski definition) is 0. The van der Waals surface area contributed by atoms with Gasteiger partial charge in [-0.3, -0.25) is 19.2 Å². The van der Waals surface area contributed by atoms with Crippen LogP contribution in [-0.4, -0.2) is 39.9 Å². The molecule has 3 amide bonds. The van der Waals surface area contributed by atoms with Gasteiger partial charge < -0.3 is 9.64 Å². The predicted octanol–water partition coefficient (Wildman–Crippen LogP) is 5.20. The van der Waals surface area contributed by atoms with E-state index in [0.29, 0.717) is 27.7 Å². The molecule has 198 valence electrons. The molecule has 7 atom stereocenters. The summed E-state index contributed by atoms with van der Waals surface area (Å²) >= 11 is 13.6. The zero-order valence-corrected chi connectivity index (χ0v) is 24.6. The molecule has 2 saturated carbocycles. The lowest BCUT2D eigenvalue weighted by atomic mass is 9.81. The zero-order valence-electron chi connectivity index (χ0n) is 20.7. The summed E-state index contributed by atoms with van der Waals surface area (Å²) in [7, 11) is 0. The van der Waals surface area contributed by atoms with Crippen LogP contribution in [0, 0.1) is 43.4 Å². The van der Waals surface area contributed by atoms with Crippen molar-refractivity contribution in [3.63, 3.8) is 0 Å². The number of imide groups is 1. The maximum Gasteiger partial charge on any atom is 0.316 e. The van der Waals surface area contributed by atoms with E-state index in [-0.39, 0.29) is 64.0 Å². The number of ether oxygens (including phenoxy) is 1. The highest BCUT2D eigenvalue weighted by Crippen LogP contribution is 2.60. The van der Waals surface area contributed by atoms with E-state index in [1.807, 2.05) is 19.1 Å². The summed E-state index contributed by atoms with van der Waals surface area (Å²) in [5.41, 5.74) is 2.74. The summed E-state index contributed by atoms with van der Waals surface area (Å²) in [5.74, 6) is -1.59. The summed E-state index contributed by atoms with van der Waals surface area (Å²) in [6, 6.07) is 10.3. The molecule has 2 aliphatic carbocycles. The van der Waals surface area contributed by atoms with E-state index in [2.05, 4.69) is 31.9 Å². The Balaban J connectivity index is 1.16. The van der Waals surface area contributed by atoms with Crippen molar-refractivity contribution in [3.05, 3.63) is 52.5 Å². The van der Waals surface area contributed by atoms with Crippen molar-refractivity contribution in [1.82, 2.24) is 0 Å². The van der Waals surface area contributed by atoms with E-state index in [1.165, 1.54) is 4.90 Å². The van der Waals surface area contributed by atoms with E-state index in [4.69, 9.17) is 16.3 Å². The molecule has 2 heterocycles. The number of rotatable bonds is 4. The molecule has 7 nitrogen and oxygen atoms in total. The summed E-state index contributed by atoms with van der Waals surface area (Å²) in [6.45, 7) is 3.88. The number of alkyl halides is 2. The fourth-order valence-corrected chi connectivity index (χ4v) is 8.64. The molecule has 10 heteroatoms. The van der Waals surface area contributed by atoms with Crippen LogP contribution < -0.4 is 14.5 Å².